The highest BCUT2D eigenvalue weighted by Crippen LogP contribution is 2.28. The van der Waals surface area contributed by atoms with Crippen molar-refractivity contribution in [3.63, 3.8) is 0 Å². The van der Waals surface area contributed by atoms with E-state index in [1.807, 2.05) is 82.8 Å². The molecule has 0 unspecified atom stereocenters. The van der Waals surface area contributed by atoms with Gasteiger partial charge in [0.05, 0.1) is 0 Å². The third-order valence-corrected chi connectivity index (χ3v) is 5.05. The number of rotatable bonds is 4. The molecule has 1 N–H and O–H groups in total. The molecular weight excluding hydrogens is 404 g/mol. The zero-order valence-corrected chi connectivity index (χ0v) is 19.9. The van der Waals surface area contributed by atoms with Gasteiger partial charge in [0.15, 0.2) is 0 Å². The van der Waals surface area contributed by atoms with Crippen LogP contribution < -0.4 is 5.32 Å². The summed E-state index contributed by atoms with van der Waals surface area (Å²) in [5, 5.41) is 2.73. The molecule has 1 aliphatic rings. The fraction of sp³-hybridized carbons (Fsp3) is 0.462. The number of fused-ring (bicyclic) bond motifs is 1. The van der Waals surface area contributed by atoms with Gasteiger partial charge < -0.3 is 14.4 Å². The van der Waals surface area contributed by atoms with E-state index in [9.17, 15) is 9.59 Å². The van der Waals surface area contributed by atoms with Crippen LogP contribution in [0.25, 0.3) is 0 Å². The van der Waals surface area contributed by atoms with Crippen LogP contribution in [-0.4, -0.2) is 34.3 Å². The first-order chi connectivity index (χ1) is 14.9. The van der Waals surface area contributed by atoms with Crippen molar-refractivity contribution in [1.82, 2.24) is 4.90 Å². The lowest BCUT2D eigenvalue weighted by atomic mass is 10.1. The summed E-state index contributed by atoms with van der Waals surface area (Å²) in [7, 11) is 0. The molecule has 0 heterocycles. The Labute approximate surface area is 190 Å². The summed E-state index contributed by atoms with van der Waals surface area (Å²) < 4.78 is 11.0. The lowest BCUT2D eigenvalue weighted by Crippen LogP contribution is -2.43. The van der Waals surface area contributed by atoms with Crippen molar-refractivity contribution in [2.45, 2.75) is 78.2 Å². The highest BCUT2D eigenvalue weighted by Gasteiger charge is 2.32. The van der Waals surface area contributed by atoms with Crippen LogP contribution in [0.3, 0.4) is 0 Å². The molecule has 2 aromatic rings. The van der Waals surface area contributed by atoms with Crippen molar-refractivity contribution in [1.29, 1.82) is 0 Å². The average molecular weight is 439 g/mol. The fourth-order valence-electron chi connectivity index (χ4n) is 3.73. The topological polar surface area (TPSA) is 67.9 Å². The normalized spacial score (nSPS) is 13.9. The van der Waals surface area contributed by atoms with Crippen molar-refractivity contribution in [2.24, 2.45) is 0 Å². The van der Waals surface area contributed by atoms with Gasteiger partial charge in [-0.05, 0) is 83.2 Å². The summed E-state index contributed by atoms with van der Waals surface area (Å²) in [5.74, 6) is 0. The van der Waals surface area contributed by atoms with Gasteiger partial charge in [0.2, 0.25) is 0 Å². The molecular formula is C26H34N2O4. The summed E-state index contributed by atoms with van der Waals surface area (Å²) in [4.78, 5) is 26.9. The van der Waals surface area contributed by atoms with Gasteiger partial charge in [0, 0.05) is 18.3 Å². The van der Waals surface area contributed by atoms with E-state index in [4.69, 9.17) is 9.47 Å². The standard InChI is InChI=1S/C26H34N2O4/c1-25(2,3)31-23(29)27-21-13-11-18(12-14-21)17-28(24(30)32-26(4,5)6)22-15-19-9-7-8-10-20(19)16-22/h7-14,22H,15-17H2,1-6H3,(H,27,29). The number of anilines is 1. The van der Waals surface area contributed by atoms with E-state index in [2.05, 4.69) is 17.4 Å². The van der Waals surface area contributed by atoms with E-state index < -0.39 is 17.3 Å². The molecule has 2 aromatic carbocycles. The quantitative estimate of drug-likeness (QED) is 0.642. The summed E-state index contributed by atoms with van der Waals surface area (Å²) >= 11 is 0. The molecule has 0 saturated heterocycles. The highest BCUT2D eigenvalue weighted by molar-refractivity contribution is 5.84. The van der Waals surface area contributed by atoms with Gasteiger partial charge in [-0.3, -0.25) is 5.32 Å². The number of carbonyl (C=O) groups is 2. The predicted molar refractivity (Wildman–Crippen MR) is 126 cm³/mol. The predicted octanol–water partition coefficient (Wildman–Crippen LogP) is 5.94. The molecule has 0 bridgehead atoms. The SMILES string of the molecule is CC(C)(C)OC(=O)Nc1ccc(CN(C(=O)OC(C)(C)C)C2Cc3ccccc3C2)cc1. The minimum Gasteiger partial charge on any atom is -0.444 e. The molecule has 0 saturated carbocycles. The van der Waals surface area contributed by atoms with Crippen LogP contribution in [0.15, 0.2) is 48.5 Å². The summed E-state index contributed by atoms with van der Waals surface area (Å²) in [6.45, 7) is 11.5. The van der Waals surface area contributed by atoms with Gasteiger partial charge in [0.25, 0.3) is 0 Å². The van der Waals surface area contributed by atoms with Gasteiger partial charge in [-0.15, -0.1) is 0 Å². The second-order valence-corrected chi connectivity index (χ2v) is 10.3. The van der Waals surface area contributed by atoms with Gasteiger partial charge in [-0.1, -0.05) is 36.4 Å². The number of benzene rings is 2. The summed E-state index contributed by atoms with van der Waals surface area (Å²) in [6, 6.07) is 15.8. The van der Waals surface area contributed by atoms with E-state index in [0.717, 1.165) is 18.4 Å². The maximum absolute atomic E-state index is 13.1. The summed E-state index contributed by atoms with van der Waals surface area (Å²) in [6.07, 6.45) is 0.817. The third-order valence-electron chi connectivity index (χ3n) is 5.05. The zero-order valence-electron chi connectivity index (χ0n) is 19.9. The van der Waals surface area contributed by atoms with Crippen molar-refractivity contribution in [3.05, 3.63) is 65.2 Å². The Balaban J connectivity index is 1.72. The Bertz CT molecular complexity index is 930. The van der Waals surface area contributed by atoms with Gasteiger partial charge >= 0.3 is 12.2 Å². The van der Waals surface area contributed by atoms with Crippen LogP contribution in [0.4, 0.5) is 15.3 Å². The molecule has 0 aliphatic heterocycles. The smallest absolute Gasteiger partial charge is 0.412 e. The number of carbonyl (C=O) groups excluding carboxylic acids is 2. The number of ether oxygens (including phenoxy) is 2. The molecule has 0 spiro atoms. The Kier molecular flexibility index (Phi) is 6.82. The first kappa shape index (κ1) is 23.6. The van der Waals surface area contributed by atoms with E-state index >= 15 is 0 Å². The largest absolute Gasteiger partial charge is 0.444 e. The third kappa shape index (κ3) is 6.74. The zero-order chi connectivity index (χ0) is 23.5. The van der Waals surface area contributed by atoms with Gasteiger partial charge in [-0.2, -0.15) is 0 Å². The Hall–Kier alpha value is -3.02. The molecule has 6 heteroatoms. The molecule has 0 radical (unpaired) electrons. The fourth-order valence-corrected chi connectivity index (χ4v) is 3.73. The Morgan fingerprint density at radius 1 is 0.875 bits per heavy atom. The minimum atomic E-state index is -0.567. The number of hydrogen-bond donors (Lipinski definition) is 1. The molecule has 1 aliphatic carbocycles. The monoisotopic (exact) mass is 438 g/mol. The molecule has 172 valence electrons. The maximum atomic E-state index is 13.1. The highest BCUT2D eigenvalue weighted by atomic mass is 16.6. The molecule has 32 heavy (non-hydrogen) atoms. The summed E-state index contributed by atoms with van der Waals surface area (Å²) in [5.41, 5.74) is 3.03. The van der Waals surface area contributed by atoms with Crippen molar-refractivity contribution in [3.8, 4) is 0 Å². The Morgan fingerprint density at radius 3 is 1.91 bits per heavy atom. The molecule has 6 nitrogen and oxygen atoms in total. The number of amides is 2. The number of nitrogens with zero attached hydrogens (tertiary/aromatic N) is 1. The van der Waals surface area contributed by atoms with Crippen molar-refractivity contribution in [2.75, 3.05) is 5.32 Å². The molecule has 0 atom stereocenters. The van der Waals surface area contributed by atoms with Gasteiger partial charge in [-0.25, -0.2) is 9.59 Å². The first-order valence-corrected chi connectivity index (χ1v) is 11.0. The molecule has 0 fully saturated rings. The van der Waals surface area contributed by atoms with Crippen LogP contribution >= 0.6 is 0 Å². The van der Waals surface area contributed by atoms with Crippen molar-refractivity contribution >= 4 is 17.9 Å². The van der Waals surface area contributed by atoms with Crippen molar-refractivity contribution < 1.29 is 19.1 Å². The van der Waals surface area contributed by atoms with Crippen LogP contribution in [0.1, 0.15) is 58.2 Å². The lowest BCUT2D eigenvalue weighted by Gasteiger charge is -2.31. The van der Waals surface area contributed by atoms with Crippen LogP contribution in [0, 0.1) is 0 Å². The Morgan fingerprint density at radius 2 is 1.41 bits per heavy atom. The van der Waals surface area contributed by atoms with Crippen LogP contribution in [0.2, 0.25) is 0 Å². The number of nitrogens with one attached hydrogen (secondary N) is 1. The lowest BCUT2D eigenvalue weighted by molar-refractivity contribution is 0.0148. The average Bonchev–Trinajstić information content (AvgIpc) is 3.08. The molecule has 3 rings (SSSR count). The second kappa shape index (κ2) is 9.23. The van der Waals surface area contributed by atoms with E-state index in [-0.39, 0.29) is 12.1 Å². The number of hydrogen-bond acceptors (Lipinski definition) is 4. The maximum Gasteiger partial charge on any atom is 0.412 e. The first-order valence-electron chi connectivity index (χ1n) is 11.0. The van der Waals surface area contributed by atoms with E-state index in [1.54, 1.807) is 0 Å². The second-order valence-electron chi connectivity index (χ2n) is 10.3. The van der Waals surface area contributed by atoms with E-state index in [1.165, 1.54) is 11.1 Å². The molecule has 0 aromatic heterocycles. The van der Waals surface area contributed by atoms with Crippen LogP contribution in [0.5, 0.6) is 0 Å². The minimum absolute atomic E-state index is 0.0433. The molecule has 2 amide bonds. The van der Waals surface area contributed by atoms with E-state index in [0.29, 0.717) is 12.2 Å². The van der Waals surface area contributed by atoms with Crippen LogP contribution in [-0.2, 0) is 28.9 Å². The van der Waals surface area contributed by atoms with Gasteiger partial charge in [0.1, 0.15) is 11.2 Å².